The Kier molecular flexibility index (Phi) is 6.50. The Morgan fingerprint density at radius 2 is 2.00 bits per heavy atom. The molecular formula is C15H21NO3. The molecule has 0 unspecified atom stereocenters. The largest absolute Gasteiger partial charge is 0.493 e. The first-order chi connectivity index (χ1) is 9.21. The fourth-order valence-corrected chi connectivity index (χ4v) is 1.50. The maximum atomic E-state index is 11.7. The molecule has 0 aliphatic rings. The lowest BCUT2D eigenvalue weighted by atomic mass is 10.2. The Morgan fingerprint density at radius 3 is 2.58 bits per heavy atom. The number of hydrogen-bond donors (Lipinski definition) is 1. The molecule has 0 bridgehead atoms. The minimum Gasteiger partial charge on any atom is -0.493 e. The molecule has 0 aliphatic heterocycles. The molecule has 1 rings (SSSR count). The maximum Gasteiger partial charge on any atom is 0.251 e. The van der Waals surface area contributed by atoms with Gasteiger partial charge in [0, 0.05) is 18.7 Å². The van der Waals surface area contributed by atoms with Crippen LogP contribution in [-0.2, 0) is 0 Å². The number of benzene rings is 1. The van der Waals surface area contributed by atoms with Crippen molar-refractivity contribution in [3.8, 4) is 11.5 Å². The van der Waals surface area contributed by atoms with Gasteiger partial charge in [0.1, 0.15) is 18.1 Å². The molecule has 0 saturated heterocycles. The topological polar surface area (TPSA) is 47.6 Å². The lowest BCUT2D eigenvalue weighted by molar-refractivity contribution is 0.0962. The number of rotatable bonds is 8. The summed E-state index contributed by atoms with van der Waals surface area (Å²) in [7, 11) is 1.59. The molecule has 0 aliphatic carbocycles. The van der Waals surface area contributed by atoms with Crippen molar-refractivity contribution in [2.75, 3.05) is 20.3 Å². The van der Waals surface area contributed by atoms with E-state index in [-0.39, 0.29) is 5.91 Å². The molecule has 1 aromatic rings. The van der Waals surface area contributed by atoms with E-state index in [4.69, 9.17) is 9.47 Å². The average molecular weight is 263 g/mol. The molecule has 0 heterocycles. The fraction of sp³-hybridized carbons (Fsp3) is 0.400. The second kappa shape index (κ2) is 8.19. The van der Waals surface area contributed by atoms with Gasteiger partial charge in [-0.3, -0.25) is 4.79 Å². The standard InChI is InChI=1S/C15H21NO3/c1-4-6-8-19-14-10-12(15(17)16-3)9-13(11-14)18-7-5-2/h5,9-11H,2,4,6-8H2,1,3H3,(H,16,17). The zero-order chi connectivity index (χ0) is 14.1. The first kappa shape index (κ1) is 15.1. The van der Waals surface area contributed by atoms with Gasteiger partial charge in [-0.15, -0.1) is 0 Å². The second-order valence-electron chi connectivity index (χ2n) is 4.07. The normalized spacial score (nSPS) is 9.79. The summed E-state index contributed by atoms with van der Waals surface area (Å²) in [6.45, 7) is 6.73. The van der Waals surface area contributed by atoms with Crippen LogP contribution in [-0.4, -0.2) is 26.2 Å². The van der Waals surface area contributed by atoms with Crippen molar-refractivity contribution in [1.82, 2.24) is 5.32 Å². The molecule has 104 valence electrons. The SMILES string of the molecule is C=CCOc1cc(OCCCC)cc(C(=O)NC)c1. The van der Waals surface area contributed by atoms with Crippen molar-refractivity contribution in [3.05, 3.63) is 36.4 Å². The third-order valence-corrected chi connectivity index (χ3v) is 2.50. The van der Waals surface area contributed by atoms with Gasteiger partial charge in [0.15, 0.2) is 0 Å². The lowest BCUT2D eigenvalue weighted by Gasteiger charge is -2.11. The molecule has 0 aromatic heterocycles. The number of hydrogen-bond acceptors (Lipinski definition) is 3. The van der Waals surface area contributed by atoms with Crippen LogP contribution < -0.4 is 14.8 Å². The molecule has 0 spiro atoms. The molecule has 4 nitrogen and oxygen atoms in total. The van der Waals surface area contributed by atoms with Crippen LogP contribution in [0.15, 0.2) is 30.9 Å². The van der Waals surface area contributed by atoms with Crippen LogP contribution in [0.3, 0.4) is 0 Å². The van der Waals surface area contributed by atoms with Gasteiger partial charge in [0.25, 0.3) is 5.91 Å². The van der Waals surface area contributed by atoms with Crippen molar-refractivity contribution >= 4 is 5.91 Å². The van der Waals surface area contributed by atoms with Crippen molar-refractivity contribution in [2.45, 2.75) is 19.8 Å². The number of unbranched alkanes of at least 4 members (excludes halogenated alkanes) is 1. The van der Waals surface area contributed by atoms with Gasteiger partial charge in [-0.25, -0.2) is 0 Å². The van der Waals surface area contributed by atoms with Crippen molar-refractivity contribution in [1.29, 1.82) is 0 Å². The number of carbonyl (C=O) groups excluding carboxylic acids is 1. The van der Waals surface area contributed by atoms with Gasteiger partial charge >= 0.3 is 0 Å². The molecule has 0 saturated carbocycles. The Hall–Kier alpha value is -1.97. The number of nitrogens with one attached hydrogen (secondary N) is 1. The molecule has 1 amide bonds. The van der Waals surface area contributed by atoms with E-state index in [0.29, 0.717) is 30.3 Å². The van der Waals surface area contributed by atoms with Gasteiger partial charge in [0.2, 0.25) is 0 Å². The molecule has 1 N–H and O–H groups in total. The van der Waals surface area contributed by atoms with Gasteiger partial charge in [0.05, 0.1) is 6.61 Å². The van der Waals surface area contributed by atoms with Crippen molar-refractivity contribution in [2.24, 2.45) is 0 Å². The molecule has 1 aromatic carbocycles. The number of carbonyl (C=O) groups is 1. The quantitative estimate of drug-likeness (QED) is 0.579. The first-order valence-electron chi connectivity index (χ1n) is 6.45. The van der Waals surface area contributed by atoms with Crippen molar-refractivity contribution in [3.63, 3.8) is 0 Å². The summed E-state index contributed by atoms with van der Waals surface area (Å²) in [5.41, 5.74) is 0.524. The van der Waals surface area contributed by atoms with E-state index in [1.54, 1.807) is 31.3 Å². The van der Waals surface area contributed by atoms with Crippen LogP contribution in [0.5, 0.6) is 11.5 Å². The zero-order valence-electron chi connectivity index (χ0n) is 11.6. The zero-order valence-corrected chi connectivity index (χ0v) is 11.6. The Labute approximate surface area is 114 Å². The van der Waals surface area contributed by atoms with Crippen LogP contribution in [0, 0.1) is 0 Å². The first-order valence-corrected chi connectivity index (χ1v) is 6.45. The molecular weight excluding hydrogens is 242 g/mol. The van der Waals surface area contributed by atoms with E-state index in [9.17, 15) is 4.79 Å². The summed E-state index contributed by atoms with van der Waals surface area (Å²) in [5.74, 6) is 1.09. The molecule has 4 heteroatoms. The van der Waals surface area contributed by atoms with Gasteiger partial charge in [-0.05, 0) is 18.6 Å². The van der Waals surface area contributed by atoms with Crippen molar-refractivity contribution < 1.29 is 14.3 Å². The molecule has 0 fully saturated rings. The minimum atomic E-state index is -0.163. The second-order valence-corrected chi connectivity index (χ2v) is 4.07. The summed E-state index contributed by atoms with van der Waals surface area (Å²) in [4.78, 5) is 11.7. The summed E-state index contributed by atoms with van der Waals surface area (Å²) in [6, 6.07) is 5.19. The Bertz CT molecular complexity index is 429. The summed E-state index contributed by atoms with van der Waals surface area (Å²) < 4.78 is 11.1. The van der Waals surface area contributed by atoms with Crippen LogP contribution >= 0.6 is 0 Å². The highest BCUT2D eigenvalue weighted by Crippen LogP contribution is 2.23. The lowest BCUT2D eigenvalue weighted by Crippen LogP contribution is -2.18. The third kappa shape index (κ3) is 5.04. The highest BCUT2D eigenvalue weighted by atomic mass is 16.5. The van der Waals surface area contributed by atoms with Gasteiger partial charge < -0.3 is 14.8 Å². The van der Waals surface area contributed by atoms with Crippen LogP contribution in [0.25, 0.3) is 0 Å². The highest BCUT2D eigenvalue weighted by Gasteiger charge is 2.08. The van der Waals surface area contributed by atoms with E-state index in [1.165, 1.54) is 0 Å². The van der Waals surface area contributed by atoms with E-state index in [1.807, 2.05) is 0 Å². The maximum absolute atomic E-state index is 11.7. The van der Waals surface area contributed by atoms with Crippen LogP contribution in [0.1, 0.15) is 30.1 Å². The molecule has 0 atom stereocenters. The summed E-state index contributed by atoms with van der Waals surface area (Å²) in [6.07, 6.45) is 3.70. The average Bonchev–Trinajstić information content (AvgIpc) is 2.44. The van der Waals surface area contributed by atoms with Gasteiger partial charge in [-0.2, -0.15) is 0 Å². The predicted octanol–water partition coefficient (Wildman–Crippen LogP) is 2.79. The van der Waals surface area contributed by atoms with E-state index >= 15 is 0 Å². The third-order valence-electron chi connectivity index (χ3n) is 2.50. The predicted molar refractivity (Wildman–Crippen MR) is 75.9 cm³/mol. The minimum absolute atomic E-state index is 0.163. The monoisotopic (exact) mass is 263 g/mol. The molecule has 0 radical (unpaired) electrons. The van der Waals surface area contributed by atoms with Crippen LogP contribution in [0.2, 0.25) is 0 Å². The Morgan fingerprint density at radius 1 is 1.32 bits per heavy atom. The fourth-order valence-electron chi connectivity index (χ4n) is 1.50. The summed E-state index contributed by atoms with van der Waals surface area (Å²) >= 11 is 0. The summed E-state index contributed by atoms with van der Waals surface area (Å²) in [5, 5.41) is 2.59. The van der Waals surface area contributed by atoms with E-state index in [2.05, 4.69) is 18.8 Å². The number of ether oxygens (including phenoxy) is 2. The smallest absolute Gasteiger partial charge is 0.251 e. The Balaban J connectivity index is 2.88. The molecule has 19 heavy (non-hydrogen) atoms. The van der Waals surface area contributed by atoms with E-state index in [0.717, 1.165) is 12.8 Å². The van der Waals surface area contributed by atoms with Crippen LogP contribution in [0.4, 0.5) is 0 Å². The highest BCUT2D eigenvalue weighted by molar-refractivity contribution is 5.94. The van der Waals surface area contributed by atoms with Gasteiger partial charge in [-0.1, -0.05) is 26.0 Å². The number of amides is 1. The van der Waals surface area contributed by atoms with E-state index < -0.39 is 0 Å².